The van der Waals surface area contributed by atoms with Crippen LogP contribution in [0, 0.1) is 10.8 Å². The topological polar surface area (TPSA) is 4.93 Å². The molecule has 1 aromatic heterocycles. The van der Waals surface area contributed by atoms with Gasteiger partial charge in [0.15, 0.2) is 0 Å². The van der Waals surface area contributed by atoms with Gasteiger partial charge in [0.2, 0.25) is 0 Å². The number of aromatic nitrogens is 1. The van der Waals surface area contributed by atoms with Gasteiger partial charge in [0.1, 0.15) is 0 Å². The van der Waals surface area contributed by atoms with Crippen molar-refractivity contribution in [2.24, 2.45) is 10.8 Å². The summed E-state index contributed by atoms with van der Waals surface area (Å²) in [6.45, 7) is 8.27. The van der Waals surface area contributed by atoms with Crippen molar-refractivity contribution in [1.29, 1.82) is 0 Å². The molecule has 0 unspecified atom stereocenters. The van der Waals surface area contributed by atoms with Gasteiger partial charge in [-0.1, -0.05) is 20.8 Å². The first kappa shape index (κ1) is 9.82. The molecule has 0 N–H and O–H groups in total. The Labute approximate surface area is 87.1 Å². The monoisotopic (exact) mass is 191 g/mol. The van der Waals surface area contributed by atoms with Crippen LogP contribution in [0.25, 0.3) is 0 Å². The van der Waals surface area contributed by atoms with Gasteiger partial charge in [0, 0.05) is 18.9 Å². The van der Waals surface area contributed by atoms with Gasteiger partial charge in [-0.15, -0.1) is 0 Å². The molecule has 1 aliphatic carbocycles. The molecule has 78 valence electrons. The van der Waals surface area contributed by atoms with Gasteiger partial charge in [0.05, 0.1) is 0 Å². The Hall–Kier alpha value is -0.720. The minimum absolute atomic E-state index is 0.476. The molecule has 1 heteroatoms. The number of hydrogen-bond acceptors (Lipinski definition) is 0. The second-order valence-electron chi connectivity index (χ2n) is 6.09. The van der Waals surface area contributed by atoms with Crippen LogP contribution in [0.4, 0.5) is 0 Å². The third-order valence-electron chi connectivity index (χ3n) is 3.05. The van der Waals surface area contributed by atoms with Crippen molar-refractivity contribution in [1.82, 2.24) is 4.57 Å². The molecular formula is C13H21N. The second-order valence-corrected chi connectivity index (χ2v) is 6.09. The molecule has 0 aliphatic heterocycles. The molecule has 1 aromatic rings. The maximum Gasteiger partial charge on any atom is 0.0276 e. The van der Waals surface area contributed by atoms with E-state index in [2.05, 4.69) is 49.9 Å². The van der Waals surface area contributed by atoms with Crippen LogP contribution in [0.5, 0.6) is 0 Å². The lowest BCUT2D eigenvalue weighted by atomic mass is 9.82. The van der Waals surface area contributed by atoms with E-state index in [-0.39, 0.29) is 0 Å². The van der Waals surface area contributed by atoms with E-state index in [0.717, 1.165) is 0 Å². The average Bonchev–Trinajstić information content (AvgIpc) is 2.60. The zero-order chi connectivity index (χ0) is 10.2. The number of nitrogens with zero attached hydrogens (tertiary/aromatic N) is 1. The molecule has 0 bridgehead atoms. The van der Waals surface area contributed by atoms with Crippen LogP contribution in [-0.2, 0) is 6.54 Å². The van der Waals surface area contributed by atoms with Gasteiger partial charge in [0.25, 0.3) is 0 Å². The van der Waals surface area contributed by atoms with Crippen LogP contribution in [0.2, 0.25) is 0 Å². The SMILES string of the molecule is CC(C)(C)CC1(Cn2cccc2)CC1. The van der Waals surface area contributed by atoms with E-state index in [4.69, 9.17) is 0 Å². The Morgan fingerprint density at radius 3 is 2.14 bits per heavy atom. The lowest BCUT2D eigenvalue weighted by molar-refractivity contribution is 0.252. The zero-order valence-electron chi connectivity index (χ0n) is 9.59. The predicted molar refractivity (Wildman–Crippen MR) is 60.2 cm³/mol. The predicted octanol–water partition coefficient (Wildman–Crippen LogP) is 3.70. The van der Waals surface area contributed by atoms with E-state index < -0.39 is 0 Å². The lowest BCUT2D eigenvalue weighted by Crippen LogP contribution is -2.18. The second kappa shape index (κ2) is 3.15. The molecule has 0 atom stereocenters. The fourth-order valence-electron chi connectivity index (χ4n) is 2.56. The quantitative estimate of drug-likeness (QED) is 0.686. The zero-order valence-corrected chi connectivity index (χ0v) is 9.59. The molecule has 14 heavy (non-hydrogen) atoms. The highest BCUT2D eigenvalue weighted by atomic mass is 15.0. The van der Waals surface area contributed by atoms with Crippen LogP contribution in [0.3, 0.4) is 0 Å². The molecular weight excluding hydrogens is 170 g/mol. The van der Waals surface area contributed by atoms with E-state index in [1.165, 1.54) is 25.8 Å². The third-order valence-corrected chi connectivity index (χ3v) is 3.05. The van der Waals surface area contributed by atoms with Crippen LogP contribution in [-0.4, -0.2) is 4.57 Å². The van der Waals surface area contributed by atoms with Crippen LogP contribution >= 0.6 is 0 Å². The first-order chi connectivity index (χ1) is 6.49. The Morgan fingerprint density at radius 1 is 1.14 bits per heavy atom. The molecule has 1 fully saturated rings. The fourth-order valence-corrected chi connectivity index (χ4v) is 2.56. The van der Waals surface area contributed by atoms with Crippen molar-refractivity contribution in [3.05, 3.63) is 24.5 Å². The molecule has 0 amide bonds. The van der Waals surface area contributed by atoms with E-state index in [0.29, 0.717) is 10.8 Å². The summed E-state index contributed by atoms with van der Waals surface area (Å²) in [5, 5.41) is 0. The molecule has 0 aromatic carbocycles. The van der Waals surface area contributed by atoms with Crippen LogP contribution in [0.1, 0.15) is 40.0 Å². The number of rotatable bonds is 3. The minimum Gasteiger partial charge on any atom is -0.354 e. The molecule has 1 nitrogen and oxygen atoms in total. The maximum atomic E-state index is 2.35. The molecule has 1 heterocycles. The first-order valence-corrected chi connectivity index (χ1v) is 5.60. The smallest absolute Gasteiger partial charge is 0.0276 e. The molecule has 1 saturated carbocycles. The summed E-state index contributed by atoms with van der Waals surface area (Å²) >= 11 is 0. The fraction of sp³-hybridized carbons (Fsp3) is 0.692. The standard InChI is InChI=1S/C13H21N/c1-12(2,3)10-13(6-7-13)11-14-8-4-5-9-14/h4-5,8-9H,6-7,10-11H2,1-3H3. The Bertz CT molecular complexity index is 286. The Balaban J connectivity index is 1.97. The summed E-state index contributed by atoms with van der Waals surface area (Å²) in [5.41, 5.74) is 1.10. The summed E-state index contributed by atoms with van der Waals surface area (Å²) in [7, 11) is 0. The van der Waals surface area contributed by atoms with Crippen molar-refractivity contribution in [2.45, 2.75) is 46.6 Å². The van der Waals surface area contributed by atoms with E-state index in [1.807, 2.05) is 0 Å². The molecule has 0 spiro atoms. The Morgan fingerprint density at radius 2 is 1.71 bits per heavy atom. The van der Waals surface area contributed by atoms with E-state index in [1.54, 1.807) is 0 Å². The Kier molecular flexibility index (Phi) is 2.21. The summed E-state index contributed by atoms with van der Waals surface area (Å²) in [6.07, 6.45) is 8.56. The largest absolute Gasteiger partial charge is 0.354 e. The van der Waals surface area contributed by atoms with Gasteiger partial charge in [-0.2, -0.15) is 0 Å². The van der Waals surface area contributed by atoms with Gasteiger partial charge >= 0.3 is 0 Å². The van der Waals surface area contributed by atoms with Gasteiger partial charge in [-0.05, 0) is 42.2 Å². The van der Waals surface area contributed by atoms with Gasteiger partial charge in [-0.3, -0.25) is 0 Å². The highest BCUT2D eigenvalue weighted by molar-refractivity contribution is 4.99. The van der Waals surface area contributed by atoms with Crippen LogP contribution < -0.4 is 0 Å². The summed E-state index contributed by atoms with van der Waals surface area (Å²) < 4.78 is 2.33. The highest BCUT2D eigenvalue weighted by Gasteiger charge is 2.44. The van der Waals surface area contributed by atoms with Gasteiger partial charge < -0.3 is 4.57 Å². The lowest BCUT2D eigenvalue weighted by Gasteiger charge is -2.26. The van der Waals surface area contributed by atoms with Crippen molar-refractivity contribution < 1.29 is 0 Å². The molecule has 0 radical (unpaired) electrons. The first-order valence-electron chi connectivity index (χ1n) is 5.60. The van der Waals surface area contributed by atoms with Crippen LogP contribution in [0.15, 0.2) is 24.5 Å². The number of hydrogen-bond donors (Lipinski definition) is 0. The summed E-state index contributed by atoms with van der Waals surface area (Å²) in [5.74, 6) is 0. The summed E-state index contributed by atoms with van der Waals surface area (Å²) in [4.78, 5) is 0. The van der Waals surface area contributed by atoms with Crippen molar-refractivity contribution in [2.75, 3.05) is 0 Å². The van der Waals surface area contributed by atoms with E-state index >= 15 is 0 Å². The van der Waals surface area contributed by atoms with Crippen molar-refractivity contribution in [3.8, 4) is 0 Å². The van der Waals surface area contributed by atoms with Gasteiger partial charge in [-0.25, -0.2) is 0 Å². The van der Waals surface area contributed by atoms with E-state index in [9.17, 15) is 0 Å². The summed E-state index contributed by atoms with van der Waals surface area (Å²) in [6, 6.07) is 4.24. The molecule has 1 aliphatic rings. The van der Waals surface area contributed by atoms with Crippen molar-refractivity contribution >= 4 is 0 Å². The molecule has 0 saturated heterocycles. The molecule has 2 rings (SSSR count). The van der Waals surface area contributed by atoms with Crippen molar-refractivity contribution in [3.63, 3.8) is 0 Å². The minimum atomic E-state index is 0.476. The maximum absolute atomic E-state index is 2.35. The normalized spacial score (nSPS) is 19.6. The highest BCUT2D eigenvalue weighted by Crippen LogP contribution is 2.54. The third kappa shape index (κ3) is 2.40. The average molecular weight is 191 g/mol.